The van der Waals surface area contributed by atoms with E-state index >= 15 is 0 Å². The average Bonchev–Trinajstić information content (AvgIpc) is 2.45. The summed E-state index contributed by atoms with van der Waals surface area (Å²) >= 11 is 0. The van der Waals surface area contributed by atoms with Gasteiger partial charge < -0.3 is 10.6 Å². The molecule has 1 aromatic carbocycles. The van der Waals surface area contributed by atoms with Crippen LogP contribution in [-0.2, 0) is 0 Å². The van der Waals surface area contributed by atoms with E-state index in [0.717, 1.165) is 29.9 Å². The lowest BCUT2D eigenvalue weighted by molar-refractivity contribution is 0.170. The number of piperidine rings is 1. The van der Waals surface area contributed by atoms with Gasteiger partial charge in [-0.2, -0.15) is 0 Å². The molecule has 2 aromatic rings. The van der Waals surface area contributed by atoms with E-state index in [1.165, 1.54) is 0 Å². The largest absolute Gasteiger partial charge is 0.367 e. The first-order valence-electron chi connectivity index (χ1n) is 8.26. The van der Waals surface area contributed by atoms with Crippen LogP contribution in [0.5, 0.6) is 0 Å². The summed E-state index contributed by atoms with van der Waals surface area (Å²) in [7, 11) is 0. The molecule has 2 N–H and O–H groups in total. The Labute approximate surface area is 138 Å². The third-order valence-corrected chi connectivity index (χ3v) is 4.28. The first-order chi connectivity index (χ1) is 10.8. The molecule has 0 amide bonds. The van der Waals surface area contributed by atoms with E-state index in [1.807, 2.05) is 24.3 Å². The minimum absolute atomic E-state index is 0.120. The van der Waals surface area contributed by atoms with Crippen molar-refractivity contribution >= 4 is 5.82 Å². The quantitative estimate of drug-likeness (QED) is 0.903. The van der Waals surface area contributed by atoms with Crippen molar-refractivity contribution in [1.29, 1.82) is 0 Å². The Balaban J connectivity index is 1.78. The fourth-order valence-electron chi connectivity index (χ4n) is 3.84. The Kier molecular flexibility index (Phi) is 4.11. The van der Waals surface area contributed by atoms with Crippen LogP contribution in [0, 0.1) is 0 Å². The minimum atomic E-state index is 0.120. The molecule has 1 aromatic heterocycles. The van der Waals surface area contributed by atoms with E-state index < -0.39 is 0 Å². The fourth-order valence-corrected chi connectivity index (χ4v) is 3.84. The van der Waals surface area contributed by atoms with E-state index in [4.69, 9.17) is 0 Å². The predicted molar refractivity (Wildman–Crippen MR) is 95.4 cm³/mol. The first-order valence-corrected chi connectivity index (χ1v) is 8.26. The molecule has 2 heterocycles. The Morgan fingerprint density at radius 3 is 2.30 bits per heavy atom. The van der Waals surface area contributed by atoms with Crippen molar-refractivity contribution in [2.45, 2.75) is 57.7 Å². The molecule has 3 rings (SSSR count). The molecule has 1 saturated heterocycles. The summed E-state index contributed by atoms with van der Waals surface area (Å²) < 4.78 is 0. The monoisotopic (exact) mass is 310 g/mol. The molecule has 0 saturated carbocycles. The summed E-state index contributed by atoms with van der Waals surface area (Å²) in [6, 6.07) is 12.7. The number of benzene rings is 1. The topological polar surface area (TPSA) is 49.8 Å². The summed E-state index contributed by atoms with van der Waals surface area (Å²) in [5.41, 5.74) is 2.31. The van der Waals surface area contributed by atoms with Gasteiger partial charge in [-0.25, -0.2) is 9.97 Å². The minimum Gasteiger partial charge on any atom is -0.367 e. The van der Waals surface area contributed by atoms with Crippen LogP contribution in [0.3, 0.4) is 0 Å². The van der Waals surface area contributed by atoms with Crippen molar-refractivity contribution in [1.82, 2.24) is 15.3 Å². The summed E-state index contributed by atoms with van der Waals surface area (Å²) in [4.78, 5) is 8.81. The molecular formula is C19H26N4. The Morgan fingerprint density at radius 2 is 1.65 bits per heavy atom. The highest BCUT2D eigenvalue weighted by Gasteiger charge is 2.37. The standard InChI is InChI=1S/C19H26N4/c1-18(2)11-15(12-19(3,4)23-18)22-17-10-16(20-13-21-17)14-8-6-5-7-9-14/h5-10,13,15,23H,11-12H2,1-4H3,(H,20,21,22). The zero-order valence-electron chi connectivity index (χ0n) is 14.4. The molecule has 122 valence electrons. The smallest absolute Gasteiger partial charge is 0.130 e. The van der Waals surface area contributed by atoms with Crippen LogP contribution in [0.2, 0.25) is 0 Å². The lowest BCUT2D eigenvalue weighted by atomic mass is 9.79. The van der Waals surface area contributed by atoms with Crippen LogP contribution in [-0.4, -0.2) is 27.1 Å². The molecule has 4 heteroatoms. The molecule has 0 spiro atoms. The zero-order chi connectivity index (χ0) is 16.5. The molecule has 23 heavy (non-hydrogen) atoms. The van der Waals surface area contributed by atoms with Crippen molar-refractivity contribution in [3.63, 3.8) is 0 Å². The van der Waals surface area contributed by atoms with E-state index in [1.54, 1.807) is 6.33 Å². The Hall–Kier alpha value is -1.94. The number of aromatic nitrogens is 2. The maximum absolute atomic E-state index is 4.41. The number of nitrogens with one attached hydrogen (secondary N) is 2. The highest BCUT2D eigenvalue weighted by Crippen LogP contribution is 2.30. The Morgan fingerprint density at radius 1 is 1.00 bits per heavy atom. The maximum atomic E-state index is 4.41. The molecule has 0 atom stereocenters. The van der Waals surface area contributed by atoms with Gasteiger partial charge >= 0.3 is 0 Å². The summed E-state index contributed by atoms with van der Waals surface area (Å²) in [6.45, 7) is 9.05. The second-order valence-electron chi connectivity index (χ2n) is 7.80. The van der Waals surface area contributed by atoms with E-state index in [9.17, 15) is 0 Å². The van der Waals surface area contributed by atoms with Crippen molar-refractivity contribution in [3.05, 3.63) is 42.7 Å². The van der Waals surface area contributed by atoms with Crippen LogP contribution < -0.4 is 10.6 Å². The molecular weight excluding hydrogens is 284 g/mol. The SMILES string of the molecule is CC1(C)CC(Nc2cc(-c3ccccc3)ncn2)CC(C)(C)N1. The van der Waals surface area contributed by atoms with E-state index in [2.05, 4.69) is 60.4 Å². The summed E-state index contributed by atoms with van der Waals surface area (Å²) in [5.74, 6) is 0.900. The molecule has 0 aliphatic carbocycles. The van der Waals surface area contributed by atoms with Crippen molar-refractivity contribution < 1.29 is 0 Å². The number of hydrogen-bond donors (Lipinski definition) is 2. The van der Waals surface area contributed by atoms with Crippen LogP contribution >= 0.6 is 0 Å². The number of hydrogen-bond acceptors (Lipinski definition) is 4. The van der Waals surface area contributed by atoms with Gasteiger partial charge in [-0.05, 0) is 40.5 Å². The van der Waals surface area contributed by atoms with E-state index in [0.29, 0.717) is 6.04 Å². The average molecular weight is 310 g/mol. The van der Waals surface area contributed by atoms with Crippen LogP contribution in [0.1, 0.15) is 40.5 Å². The normalized spacial score (nSPS) is 20.2. The molecule has 1 fully saturated rings. The first kappa shape index (κ1) is 15.9. The lowest BCUT2D eigenvalue weighted by Crippen LogP contribution is -2.60. The molecule has 1 aliphatic rings. The molecule has 0 bridgehead atoms. The van der Waals surface area contributed by atoms with Gasteiger partial charge in [0.2, 0.25) is 0 Å². The van der Waals surface area contributed by atoms with Gasteiger partial charge in [-0.1, -0.05) is 30.3 Å². The molecule has 1 aliphatic heterocycles. The molecule has 4 nitrogen and oxygen atoms in total. The highest BCUT2D eigenvalue weighted by atomic mass is 15.1. The second kappa shape index (κ2) is 5.93. The number of rotatable bonds is 3. The van der Waals surface area contributed by atoms with Crippen molar-refractivity contribution in [3.8, 4) is 11.3 Å². The van der Waals surface area contributed by atoms with Crippen LogP contribution in [0.25, 0.3) is 11.3 Å². The third kappa shape index (κ3) is 4.08. The predicted octanol–water partition coefficient (Wildman–Crippen LogP) is 3.86. The zero-order valence-corrected chi connectivity index (χ0v) is 14.4. The van der Waals surface area contributed by atoms with Gasteiger partial charge in [-0.15, -0.1) is 0 Å². The van der Waals surface area contributed by atoms with Crippen LogP contribution in [0.4, 0.5) is 5.82 Å². The van der Waals surface area contributed by atoms with Gasteiger partial charge in [0.05, 0.1) is 5.69 Å². The van der Waals surface area contributed by atoms with Gasteiger partial charge in [0.25, 0.3) is 0 Å². The molecule has 0 unspecified atom stereocenters. The lowest BCUT2D eigenvalue weighted by Gasteiger charge is -2.46. The van der Waals surface area contributed by atoms with Crippen molar-refractivity contribution in [2.75, 3.05) is 5.32 Å². The van der Waals surface area contributed by atoms with Gasteiger partial charge in [-0.3, -0.25) is 0 Å². The van der Waals surface area contributed by atoms with Crippen molar-refractivity contribution in [2.24, 2.45) is 0 Å². The third-order valence-electron chi connectivity index (χ3n) is 4.28. The summed E-state index contributed by atoms with van der Waals surface area (Å²) in [6.07, 6.45) is 3.78. The van der Waals surface area contributed by atoms with Crippen LogP contribution in [0.15, 0.2) is 42.7 Å². The number of nitrogens with zero attached hydrogens (tertiary/aromatic N) is 2. The van der Waals surface area contributed by atoms with Gasteiger partial charge in [0, 0.05) is 28.7 Å². The maximum Gasteiger partial charge on any atom is 0.130 e. The molecule has 0 radical (unpaired) electrons. The van der Waals surface area contributed by atoms with E-state index in [-0.39, 0.29) is 11.1 Å². The number of anilines is 1. The highest BCUT2D eigenvalue weighted by molar-refractivity contribution is 5.61. The summed E-state index contributed by atoms with van der Waals surface area (Å²) in [5, 5.41) is 7.32. The van der Waals surface area contributed by atoms with Gasteiger partial charge in [0.1, 0.15) is 12.1 Å². The second-order valence-corrected chi connectivity index (χ2v) is 7.80. The van der Waals surface area contributed by atoms with Gasteiger partial charge in [0.15, 0.2) is 0 Å². The fraction of sp³-hybridized carbons (Fsp3) is 0.474. The Bertz CT molecular complexity index is 648.